The van der Waals surface area contributed by atoms with Crippen LogP contribution in [-0.2, 0) is 4.79 Å². The van der Waals surface area contributed by atoms with E-state index in [0.29, 0.717) is 22.2 Å². The fourth-order valence-corrected chi connectivity index (χ4v) is 2.47. The SMILES string of the molecule is N#CC1(C(=O)Nc2ccc(Cl)s2)CCC1. The van der Waals surface area contributed by atoms with Crippen LogP contribution < -0.4 is 5.32 Å². The molecule has 0 radical (unpaired) electrons. The molecule has 1 N–H and O–H groups in total. The monoisotopic (exact) mass is 240 g/mol. The molecule has 1 aliphatic carbocycles. The Morgan fingerprint density at radius 3 is 2.73 bits per heavy atom. The average molecular weight is 241 g/mol. The normalized spacial score (nSPS) is 17.6. The molecule has 0 unspecified atom stereocenters. The van der Waals surface area contributed by atoms with E-state index in [0.717, 1.165) is 6.42 Å². The third-order valence-electron chi connectivity index (χ3n) is 2.67. The number of thiophene rings is 1. The molecule has 5 heteroatoms. The lowest BCUT2D eigenvalue weighted by molar-refractivity contribution is -0.126. The van der Waals surface area contributed by atoms with E-state index in [2.05, 4.69) is 11.4 Å². The number of carbonyl (C=O) groups excluding carboxylic acids is 1. The van der Waals surface area contributed by atoms with Gasteiger partial charge in [0.15, 0.2) is 0 Å². The van der Waals surface area contributed by atoms with Crippen LogP contribution in [-0.4, -0.2) is 5.91 Å². The number of nitrogens with zero attached hydrogens (tertiary/aromatic N) is 1. The van der Waals surface area contributed by atoms with E-state index >= 15 is 0 Å². The zero-order valence-corrected chi connectivity index (χ0v) is 9.49. The van der Waals surface area contributed by atoms with Gasteiger partial charge in [-0.3, -0.25) is 4.79 Å². The molecular weight excluding hydrogens is 232 g/mol. The Labute approximate surface area is 96.7 Å². The number of hydrogen-bond acceptors (Lipinski definition) is 3. The van der Waals surface area contributed by atoms with Crippen LogP contribution in [0.3, 0.4) is 0 Å². The van der Waals surface area contributed by atoms with Crippen LogP contribution in [0.15, 0.2) is 12.1 Å². The second-order valence-corrected chi connectivity index (χ2v) is 5.32. The molecule has 1 aliphatic rings. The van der Waals surface area contributed by atoms with Gasteiger partial charge < -0.3 is 5.32 Å². The van der Waals surface area contributed by atoms with Gasteiger partial charge in [0.05, 0.1) is 15.4 Å². The molecule has 0 aromatic carbocycles. The molecule has 0 atom stereocenters. The van der Waals surface area contributed by atoms with Crippen molar-refractivity contribution in [3.63, 3.8) is 0 Å². The van der Waals surface area contributed by atoms with Crippen molar-refractivity contribution in [1.29, 1.82) is 5.26 Å². The molecule has 1 fully saturated rings. The van der Waals surface area contributed by atoms with Crippen molar-refractivity contribution >= 4 is 33.8 Å². The summed E-state index contributed by atoms with van der Waals surface area (Å²) in [6.45, 7) is 0. The number of amides is 1. The zero-order valence-electron chi connectivity index (χ0n) is 7.92. The number of hydrogen-bond donors (Lipinski definition) is 1. The lowest BCUT2D eigenvalue weighted by atomic mass is 9.69. The molecule has 1 heterocycles. The highest BCUT2D eigenvalue weighted by Crippen LogP contribution is 2.41. The molecular formula is C10H9ClN2OS. The van der Waals surface area contributed by atoms with Crippen molar-refractivity contribution in [3.05, 3.63) is 16.5 Å². The molecule has 0 aliphatic heterocycles. The Balaban J connectivity index is 2.07. The number of nitrogens with one attached hydrogen (secondary N) is 1. The lowest BCUT2D eigenvalue weighted by Gasteiger charge is -2.32. The number of halogens is 1. The van der Waals surface area contributed by atoms with Crippen molar-refractivity contribution in [1.82, 2.24) is 0 Å². The van der Waals surface area contributed by atoms with Crippen molar-refractivity contribution in [3.8, 4) is 6.07 Å². The van der Waals surface area contributed by atoms with Crippen molar-refractivity contribution < 1.29 is 4.79 Å². The number of carbonyl (C=O) groups is 1. The lowest BCUT2D eigenvalue weighted by Crippen LogP contribution is -2.40. The first-order valence-corrected chi connectivity index (χ1v) is 5.84. The summed E-state index contributed by atoms with van der Waals surface area (Å²) in [5.74, 6) is -0.199. The molecule has 3 nitrogen and oxygen atoms in total. The van der Waals surface area contributed by atoms with Gasteiger partial charge in [0.2, 0.25) is 5.91 Å². The molecule has 1 saturated carbocycles. The van der Waals surface area contributed by atoms with Gasteiger partial charge in [0.1, 0.15) is 5.41 Å². The third kappa shape index (κ3) is 1.85. The molecule has 1 amide bonds. The maximum atomic E-state index is 11.8. The summed E-state index contributed by atoms with van der Waals surface area (Å²) < 4.78 is 0.630. The minimum atomic E-state index is -0.795. The van der Waals surface area contributed by atoms with E-state index in [1.54, 1.807) is 12.1 Å². The van der Waals surface area contributed by atoms with Gasteiger partial charge in [-0.2, -0.15) is 5.26 Å². The Hall–Kier alpha value is -1.05. The van der Waals surface area contributed by atoms with Crippen molar-refractivity contribution in [2.45, 2.75) is 19.3 Å². The topological polar surface area (TPSA) is 52.9 Å². The molecule has 78 valence electrons. The van der Waals surface area contributed by atoms with Crippen LogP contribution in [0.2, 0.25) is 4.34 Å². The molecule has 2 rings (SSSR count). The minimum Gasteiger partial charge on any atom is -0.316 e. The maximum Gasteiger partial charge on any atom is 0.245 e. The predicted octanol–water partition coefficient (Wildman–Crippen LogP) is 3.03. The van der Waals surface area contributed by atoms with E-state index in [1.807, 2.05) is 0 Å². The van der Waals surface area contributed by atoms with Crippen LogP contribution in [0.4, 0.5) is 5.00 Å². The van der Waals surface area contributed by atoms with E-state index in [1.165, 1.54) is 11.3 Å². The molecule has 0 spiro atoms. The summed E-state index contributed by atoms with van der Waals surface area (Å²) >= 11 is 7.04. The molecule has 1 aromatic heterocycles. The molecule has 0 bridgehead atoms. The third-order valence-corrected chi connectivity index (χ3v) is 3.81. The first-order chi connectivity index (χ1) is 7.16. The predicted molar refractivity (Wildman–Crippen MR) is 59.9 cm³/mol. The summed E-state index contributed by atoms with van der Waals surface area (Å²) in [5, 5.41) is 12.4. The molecule has 1 aromatic rings. The first kappa shape index (κ1) is 10.5. The van der Waals surface area contributed by atoms with Gasteiger partial charge in [-0.1, -0.05) is 11.6 Å². The molecule has 0 saturated heterocycles. The highest BCUT2D eigenvalue weighted by molar-refractivity contribution is 7.20. The average Bonchev–Trinajstić information content (AvgIpc) is 2.50. The van der Waals surface area contributed by atoms with E-state index in [9.17, 15) is 4.79 Å². The fourth-order valence-electron chi connectivity index (χ4n) is 1.53. The van der Waals surface area contributed by atoms with Gasteiger partial charge in [-0.15, -0.1) is 11.3 Å². The first-order valence-electron chi connectivity index (χ1n) is 4.64. The standard InChI is InChI=1S/C10H9ClN2OS/c11-7-2-3-8(15-7)13-9(14)10(6-12)4-1-5-10/h2-3H,1,4-5H2,(H,13,14). The second-order valence-electron chi connectivity index (χ2n) is 3.61. The summed E-state index contributed by atoms with van der Waals surface area (Å²) in [7, 11) is 0. The van der Waals surface area contributed by atoms with Gasteiger partial charge >= 0.3 is 0 Å². The van der Waals surface area contributed by atoms with E-state index < -0.39 is 5.41 Å². The fraction of sp³-hybridized carbons (Fsp3) is 0.400. The Morgan fingerprint density at radius 1 is 1.60 bits per heavy atom. The summed E-state index contributed by atoms with van der Waals surface area (Å²) in [4.78, 5) is 11.8. The Kier molecular flexibility index (Phi) is 2.68. The smallest absolute Gasteiger partial charge is 0.245 e. The number of anilines is 1. The second kappa shape index (κ2) is 3.84. The van der Waals surface area contributed by atoms with Crippen LogP contribution >= 0.6 is 22.9 Å². The largest absolute Gasteiger partial charge is 0.316 e. The highest BCUT2D eigenvalue weighted by atomic mass is 35.5. The summed E-state index contributed by atoms with van der Waals surface area (Å²) in [6, 6.07) is 5.57. The van der Waals surface area contributed by atoms with Crippen molar-refractivity contribution in [2.75, 3.05) is 5.32 Å². The Morgan fingerprint density at radius 2 is 2.33 bits per heavy atom. The van der Waals surface area contributed by atoms with Gasteiger partial charge in [0, 0.05) is 0 Å². The summed E-state index contributed by atoms with van der Waals surface area (Å²) in [6.07, 6.45) is 2.27. The summed E-state index contributed by atoms with van der Waals surface area (Å²) in [5.41, 5.74) is -0.795. The van der Waals surface area contributed by atoms with Crippen LogP contribution in [0.1, 0.15) is 19.3 Å². The number of rotatable bonds is 2. The van der Waals surface area contributed by atoms with Gasteiger partial charge in [-0.25, -0.2) is 0 Å². The maximum absolute atomic E-state index is 11.8. The van der Waals surface area contributed by atoms with Crippen LogP contribution in [0, 0.1) is 16.7 Å². The number of nitriles is 1. The Bertz CT molecular complexity index is 431. The zero-order chi connectivity index (χ0) is 10.9. The van der Waals surface area contributed by atoms with Crippen LogP contribution in [0.25, 0.3) is 0 Å². The van der Waals surface area contributed by atoms with E-state index in [4.69, 9.17) is 16.9 Å². The van der Waals surface area contributed by atoms with Gasteiger partial charge in [0.25, 0.3) is 0 Å². The van der Waals surface area contributed by atoms with Crippen LogP contribution in [0.5, 0.6) is 0 Å². The van der Waals surface area contributed by atoms with E-state index in [-0.39, 0.29) is 5.91 Å². The quantitative estimate of drug-likeness (QED) is 0.864. The van der Waals surface area contributed by atoms with Crippen molar-refractivity contribution in [2.24, 2.45) is 5.41 Å². The van der Waals surface area contributed by atoms with Gasteiger partial charge in [-0.05, 0) is 31.4 Å². The molecule has 15 heavy (non-hydrogen) atoms. The highest BCUT2D eigenvalue weighted by Gasteiger charge is 2.44. The minimum absolute atomic E-state index is 0.199.